The number of halogens is 1. The van der Waals surface area contributed by atoms with Gasteiger partial charge in [-0.1, -0.05) is 41.9 Å². The lowest BCUT2D eigenvalue weighted by Gasteiger charge is -2.22. The summed E-state index contributed by atoms with van der Waals surface area (Å²) in [5, 5.41) is 5.69. The molecule has 2 aromatic rings. The average molecular weight is 388 g/mol. The van der Waals surface area contributed by atoms with Crippen LogP contribution in [0.3, 0.4) is 0 Å². The summed E-state index contributed by atoms with van der Waals surface area (Å²) < 4.78 is 5.17. The summed E-state index contributed by atoms with van der Waals surface area (Å²) >= 11 is 5.94. The Kier molecular flexibility index (Phi) is 5.05. The number of hydrogen-bond donors (Lipinski definition) is 2. The number of nitrogens with zero attached hydrogens (tertiary/aromatic N) is 1. The lowest BCUT2D eigenvalue weighted by Crippen LogP contribution is -2.42. The summed E-state index contributed by atoms with van der Waals surface area (Å²) in [4.78, 5) is 38.4. The summed E-state index contributed by atoms with van der Waals surface area (Å²) in [6, 6.07) is 13.0. The van der Waals surface area contributed by atoms with E-state index in [-0.39, 0.29) is 0 Å². The van der Waals surface area contributed by atoms with Gasteiger partial charge in [0.2, 0.25) is 5.91 Å². The highest BCUT2D eigenvalue weighted by molar-refractivity contribution is 6.31. The number of methoxy groups -OCH3 is 1. The first-order valence-corrected chi connectivity index (χ1v) is 8.56. The van der Waals surface area contributed by atoms with Gasteiger partial charge in [-0.25, -0.2) is 4.79 Å². The van der Waals surface area contributed by atoms with Crippen LogP contribution in [0.4, 0.5) is 10.5 Å². The summed E-state index contributed by atoms with van der Waals surface area (Å²) in [5.74, 6) is -0.623. The van der Waals surface area contributed by atoms with Crippen LogP contribution < -0.4 is 15.4 Å². The second-order valence-electron chi connectivity index (χ2n) is 6.21. The van der Waals surface area contributed by atoms with Gasteiger partial charge in [0.15, 0.2) is 0 Å². The van der Waals surface area contributed by atoms with Crippen LogP contribution in [0, 0.1) is 0 Å². The van der Waals surface area contributed by atoms with Crippen molar-refractivity contribution in [1.29, 1.82) is 0 Å². The van der Waals surface area contributed by atoms with Crippen molar-refractivity contribution in [3.05, 3.63) is 59.1 Å². The molecule has 1 heterocycles. The third-order valence-corrected chi connectivity index (χ3v) is 4.60. The van der Waals surface area contributed by atoms with Crippen LogP contribution in [0.1, 0.15) is 12.5 Å². The van der Waals surface area contributed by atoms with Gasteiger partial charge in [0.1, 0.15) is 17.8 Å². The van der Waals surface area contributed by atoms with Crippen molar-refractivity contribution >= 4 is 35.1 Å². The maximum absolute atomic E-state index is 12.8. The number of urea groups is 1. The molecule has 8 heteroatoms. The molecule has 1 atom stereocenters. The fourth-order valence-electron chi connectivity index (χ4n) is 2.92. The zero-order valence-corrected chi connectivity index (χ0v) is 15.5. The third kappa shape index (κ3) is 3.59. The van der Waals surface area contributed by atoms with Crippen molar-refractivity contribution in [3.63, 3.8) is 0 Å². The highest BCUT2D eigenvalue weighted by Crippen LogP contribution is 2.30. The van der Waals surface area contributed by atoms with Gasteiger partial charge in [-0.2, -0.15) is 0 Å². The monoisotopic (exact) mass is 387 g/mol. The van der Waals surface area contributed by atoms with Crippen molar-refractivity contribution in [2.24, 2.45) is 0 Å². The van der Waals surface area contributed by atoms with Crippen LogP contribution in [-0.2, 0) is 15.1 Å². The van der Waals surface area contributed by atoms with Crippen LogP contribution in [-0.4, -0.2) is 36.4 Å². The second-order valence-corrected chi connectivity index (χ2v) is 6.64. The number of hydrogen-bond acceptors (Lipinski definition) is 4. The lowest BCUT2D eigenvalue weighted by molar-refractivity contribution is -0.133. The largest absolute Gasteiger partial charge is 0.495 e. The predicted molar refractivity (Wildman–Crippen MR) is 101 cm³/mol. The molecule has 7 nitrogen and oxygen atoms in total. The Hall–Kier alpha value is -3.06. The van der Waals surface area contributed by atoms with Gasteiger partial charge in [-0.15, -0.1) is 0 Å². The van der Waals surface area contributed by atoms with Crippen molar-refractivity contribution < 1.29 is 19.1 Å². The molecule has 0 saturated carbocycles. The van der Waals surface area contributed by atoms with Gasteiger partial charge in [-0.05, 0) is 30.7 Å². The molecule has 0 radical (unpaired) electrons. The van der Waals surface area contributed by atoms with Crippen LogP contribution >= 0.6 is 11.6 Å². The van der Waals surface area contributed by atoms with E-state index in [0.29, 0.717) is 22.0 Å². The molecule has 0 aliphatic carbocycles. The quantitative estimate of drug-likeness (QED) is 0.772. The number of amides is 4. The maximum Gasteiger partial charge on any atom is 0.325 e. The molecule has 1 aliphatic rings. The molecule has 1 fully saturated rings. The molecule has 3 rings (SSSR count). The van der Waals surface area contributed by atoms with Crippen molar-refractivity contribution in [1.82, 2.24) is 10.2 Å². The van der Waals surface area contributed by atoms with Crippen molar-refractivity contribution in [2.45, 2.75) is 12.5 Å². The van der Waals surface area contributed by atoms with Gasteiger partial charge >= 0.3 is 6.03 Å². The fraction of sp³-hybridized carbons (Fsp3) is 0.211. The van der Waals surface area contributed by atoms with E-state index in [1.54, 1.807) is 43.3 Å². The molecule has 1 aliphatic heterocycles. The predicted octanol–water partition coefficient (Wildman–Crippen LogP) is 2.75. The topological polar surface area (TPSA) is 87.7 Å². The summed E-state index contributed by atoms with van der Waals surface area (Å²) in [7, 11) is 1.46. The number of anilines is 1. The minimum Gasteiger partial charge on any atom is -0.495 e. The molecule has 27 heavy (non-hydrogen) atoms. The highest BCUT2D eigenvalue weighted by atomic mass is 35.5. The number of nitrogens with one attached hydrogen (secondary N) is 2. The maximum atomic E-state index is 12.8. The highest BCUT2D eigenvalue weighted by Gasteiger charge is 2.49. The van der Waals surface area contributed by atoms with Gasteiger partial charge < -0.3 is 15.4 Å². The number of carbonyl (C=O) groups excluding carboxylic acids is 3. The molecular weight excluding hydrogens is 370 g/mol. The van der Waals surface area contributed by atoms with E-state index in [9.17, 15) is 14.4 Å². The van der Waals surface area contributed by atoms with E-state index in [2.05, 4.69) is 10.6 Å². The van der Waals surface area contributed by atoms with Crippen LogP contribution in [0.2, 0.25) is 5.02 Å². The smallest absolute Gasteiger partial charge is 0.325 e. The standard InChI is InChI=1S/C19H18ClN3O4/c1-19(12-6-4-3-5-7-12)17(25)23(18(26)22-19)11-16(24)21-14-10-13(20)8-9-15(14)27-2/h3-10H,11H2,1-2H3,(H,21,24)(H,22,26). The summed E-state index contributed by atoms with van der Waals surface area (Å²) in [5.41, 5.74) is -0.220. The molecule has 0 bridgehead atoms. The van der Waals surface area contributed by atoms with Gasteiger partial charge in [-0.3, -0.25) is 14.5 Å². The molecule has 140 valence electrons. The minimum absolute atomic E-state index is 0.355. The molecule has 1 saturated heterocycles. The Morgan fingerprint density at radius 2 is 1.93 bits per heavy atom. The van der Waals surface area contributed by atoms with E-state index in [0.717, 1.165) is 4.90 Å². The number of ether oxygens (including phenoxy) is 1. The van der Waals surface area contributed by atoms with E-state index >= 15 is 0 Å². The Morgan fingerprint density at radius 1 is 1.22 bits per heavy atom. The molecule has 1 unspecified atom stereocenters. The first-order valence-electron chi connectivity index (χ1n) is 8.18. The number of benzene rings is 2. The molecule has 2 N–H and O–H groups in total. The normalized spacial score (nSPS) is 19.0. The van der Waals surface area contributed by atoms with Crippen LogP contribution in [0.25, 0.3) is 0 Å². The zero-order chi connectivity index (χ0) is 19.6. The molecular formula is C19H18ClN3O4. The van der Waals surface area contributed by atoms with Gasteiger partial charge in [0.25, 0.3) is 5.91 Å². The first-order chi connectivity index (χ1) is 12.8. The molecule has 4 amide bonds. The number of carbonyl (C=O) groups is 3. The van der Waals surface area contributed by atoms with Crippen molar-refractivity contribution in [3.8, 4) is 5.75 Å². The van der Waals surface area contributed by atoms with E-state index in [1.807, 2.05) is 6.07 Å². The number of imide groups is 1. The van der Waals surface area contributed by atoms with Crippen LogP contribution in [0.15, 0.2) is 48.5 Å². The zero-order valence-electron chi connectivity index (χ0n) is 14.8. The van der Waals surface area contributed by atoms with Crippen LogP contribution in [0.5, 0.6) is 5.75 Å². The fourth-order valence-corrected chi connectivity index (χ4v) is 3.09. The van der Waals surface area contributed by atoms with Crippen molar-refractivity contribution in [2.75, 3.05) is 19.0 Å². The Bertz CT molecular complexity index is 903. The third-order valence-electron chi connectivity index (χ3n) is 4.36. The molecule has 0 spiro atoms. The van der Waals surface area contributed by atoms with Gasteiger partial charge in [0, 0.05) is 5.02 Å². The number of rotatable bonds is 5. The van der Waals surface area contributed by atoms with E-state index in [4.69, 9.17) is 16.3 Å². The first kappa shape index (κ1) is 18.7. The Morgan fingerprint density at radius 3 is 2.59 bits per heavy atom. The van der Waals surface area contributed by atoms with Gasteiger partial charge in [0.05, 0.1) is 12.8 Å². The van der Waals surface area contributed by atoms with E-state index in [1.165, 1.54) is 13.2 Å². The SMILES string of the molecule is COc1ccc(Cl)cc1NC(=O)CN1C(=O)NC(C)(c2ccccc2)C1=O. The molecule has 0 aromatic heterocycles. The van der Waals surface area contributed by atoms with E-state index < -0.39 is 29.9 Å². The second kappa shape index (κ2) is 7.28. The summed E-state index contributed by atoms with van der Waals surface area (Å²) in [6.07, 6.45) is 0. The Labute approximate surface area is 161 Å². The summed E-state index contributed by atoms with van der Waals surface area (Å²) in [6.45, 7) is 1.18. The lowest BCUT2D eigenvalue weighted by atomic mass is 9.92. The molecule has 2 aromatic carbocycles. The average Bonchev–Trinajstić information content (AvgIpc) is 2.87. The minimum atomic E-state index is -1.22. The Balaban J connectivity index is 1.76.